The van der Waals surface area contributed by atoms with Crippen LogP contribution in [0.3, 0.4) is 0 Å². The first-order valence-corrected chi connectivity index (χ1v) is 11.9. The standard InChI is InChI=1S/C25H22ClN5O3S/c1-33-21-13-8-17(14-22(21)34-2)15-27-28-23(32)16-35-25-30-29-24(18-6-4-3-5-7-18)31(25)20-11-9-19(26)10-12-20/h3-15H,16H2,1-2H3,(H,28,32)/b27-15-. The summed E-state index contributed by atoms with van der Waals surface area (Å²) in [5, 5.41) is 13.9. The number of benzene rings is 3. The van der Waals surface area contributed by atoms with E-state index >= 15 is 0 Å². The highest BCUT2D eigenvalue weighted by Gasteiger charge is 2.17. The SMILES string of the molecule is COc1ccc(/C=N\NC(=O)CSc2nnc(-c3ccccc3)n2-c2ccc(Cl)cc2)cc1OC. The molecule has 0 atom stereocenters. The molecular formula is C25H22ClN5O3S. The molecule has 8 nitrogen and oxygen atoms in total. The second kappa shape index (κ2) is 11.5. The smallest absolute Gasteiger partial charge is 0.250 e. The molecule has 3 aromatic carbocycles. The normalized spacial score (nSPS) is 10.9. The lowest BCUT2D eigenvalue weighted by molar-refractivity contribution is -0.118. The lowest BCUT2D eigenvalue weighted by Gasteiger charge is -2.10. The third kappa shape index (κ3) is 6.00. The molecule has 4 rings (SSSR count). The Morgan fingerprint density at radius 1 is 1.03 bits per heavy atom. The maximum Gasteiger partial charge on any atom is 0.250 e. The molecule has 0 saturated heterocycles. The van der Waals surface area contributed by atoms with Crippen LogP contribution in [-0.2, 0) is 4.79 Å². The molecule has 1 heterocycles. The van der Waals surface area contributed by atoms with Crippen molar-refractivity contribution in [3.63, 3.8) is 0 Å². The van der Waals surface area contributed by atoms with Crippen molar-refractivity contribution in [1.29, 1.82) is 0 Å². The van der Waals surface area contributed by atoms with E-state index < -0.39 is 0 Å². The molecule has 0 unspecified atom stereocenters. The minimum atomic E-state index is -0.279. The van der Waals surface area contributed by atoms with Gasteiger partial charge in [-0.3, -0.25) is 9.36 Å². The summed E-state index contributed by atoms with van der Waals surface area (Å²) in [6.45, 7) is 0. The fourth-order valence-electron chi connectivity index (χ4n) is 3.23. The third-order valence-corrected chi connectivity index (χ3v) is 6.07. The second-order valence-corrected chi connectivity index (χ2v) is 8.56. The van der Waals surface area contributed by atoms with Gasteiger partial charge < -0.3 is 9.47 Å². The first-order chi connectivity index (χ1) is 17.1. The Hall–Kier alpha value is -3.82. The highest BCUT2D eigenvalue weighted by atomic mass is 35.5. The number of nitrogens with one attached hydrogen (secondary N) is 1. The molecular weight excluding hydrogens is 486 g/mol. The van der Waals surface area contributed by atoms with Gasteiger partial charge in [-0.2, -0.15) is 5.10 Å². The summed E-state index contributed by atoms with van der Waals surface area (Å²) >= 11 is 7.33. The van der Waals surface area contributed by atoms with Crippen LogP contribution in [0, 0.1) is 0 Å². The number of nitrogens with zero attached hydrogens (tertiary/aromatic N) is 4. The largest absolute Gasteiger partial charge is 0.493 e. The zero-order chi connectivity index (χ0) is 24.6. The van der Waals surface area contributed by atoms with Gasteiger partial charge in [0.2, 0.25) is 0 Å². The molecule has 35 heavy (non-hydrogen) atoms. The van der Waals surface area contributed by atoms with Crippen LogP contribution in [0.1, 0.15) is 5.56 Å². The zero-order valence-electron chi connectivity index (χ0n) is 19.0. The van der Waals surface area contributed by atoms with Crippen molar-refractivity contribution >= 4 is 35.5 Å². The maximum atomic E-state index is 12.4. The highest BCUT2D eigenvalue weighted by Crippen LogP contribution is 2.29. The van der Waals surface area contributed by atoms with Gasteiger partial charge in [-0.05, 0) is 48.0 Å². The van der Waals surface area contributed by atoms with Gasteiger partial charge in [0.1, 0.15) is 0 Å². The van der Waals surface area contributed by atoms with E-state index in [1.54, 1.807) is 38.5 Å². The second-order valence-electron chi connectivity index (χ2n) is 7.18. The van der Waals surface area contributed by atoms with Crippen LogP contribution < -0.4 is 14.9 Å². The fourth-order valence-corrected chi connectivity index (χ4v) is 4.11. The van der Waals surface area contributed by atoms with Gasteiger partial charge in [0.25, 0.3) is 5.91 Å². The van der Waals surface area contributed by atoms with Crippen LogP contribution in [-0.4, -0.2) is 46.9 Å². The molecule has 0 bridgehead atoms. The molecule has 10 heteroatoms. The topological polar surface area (TPSA) is 90.6 Å². The number of amides is 1. The van der Waals surface area contributed by atoms with Crippen molar-refractivity contribution in [1.82, 2.24) is 20.2 Å². The van der Waals surface area contributed by atoms with Gasteiger partial charge in [-0.1, -0.05) is 53.7 Å². The minimum absolute atomic E-state index is 0.101. The van der Waals surface area contributed by atoms with Crippen molar-refractivity contribution in [3.05, 3.63) is 83.4 Å². The summed E-state index contributed by atoms with van der Waals surface area (Å²) in [6, 6.07) is 22.5. The number of carbonyl (C=O) groups excluding carboxylic acids is 1. The number of rotatable bonds is 9. The highest BCUT2D eigenvalue weighted by molar-refractivity contribution is 7.99. The van der Waals surface area contributed by atoms with E-state index in [1.807, 2.05) is 53.1 Å². The molecule has 0 radical (unpaired) electrons. The van der Waals surface area contributed by atoms with E-state index in [4.69, 9.17) is 21.1 Å². The van der Waals surface area contributed by atoms with Gasteiger partial charge in [0.15, 0.2) is 22.5 Å². The predicted molar refractivity (Wildman–Crippen MR) is 138 cm³/mol. The van der Waals surface area contributed by atoms with Crippen molar-refractivity contribution in [2.45, 2.75) is 5.16 Å². The lowest BCUT2D eigenvalue weighted by Crippen LogP contribution is -2.20. The van der Waals surface area contributed by atoms with Gasteiger partial charge in [0.05, 0.1) is 26.2 Å². The number of aromatic nitrogens is 3. The molecule has 178 valence electrons. The Bertz CT molecular complexity index is 1330. The average molecular weight is 508 g/mol. The molecule has 4 aromatic rings. The Kier molecular flexibility index (Phi) is 8.02. The molecule has 0 aliphatic rings. The molecule has 0 aliphatic carbocycles. The van der Waals surface area contributed by atoms with Crippen LogP contribution in [0.4, 0.5) is 0 Å². The zero-order valence-corrected chi connectivity index (χ0v) is 20.6. The average Bonchev–Trinajstić information content (AvgIpc) is 3.32. The van der Waals surface area contributed by atoms with Crippen LogP contribution in [0.25, 0.3) is 17.1 Å². The maximum absolute atomic E-state index is 12.4. The van der Waals surface area contributed by atoms with Gasteiger partial charge in [0, 0.05) is 16.3 Å². The summed E-state index contributed by atoms with van der Waals surface area (Å²) < 4.78 is 12.4. The number of methoxy groups -OCH3 is 2. The van der Waals surface area contributed by atoms with Crippen molar-refractivity contribution in [3.8, 4) is 28.6 Å². The van der Waals surface area contributed by atoms with Gasteiger partial charge >= 0.3 is 0 Å². The van der Waals surface area contributed by atoms with E-state index in [1.165, 1.54) is 18.0 Å². The Labute approximate surface area is 211 Å². The monoisotopic (exact) mass is 507 g/mol. The molecule has 0 fully saturated rings. The molecule has 0 saturated carbocycles. The first-order valence-electron chi connectivity index (χ1n) is 10.5. The number of halogens is 1. The van der Waals surface area contributed by atoms with Gasteiger partial charge in [-0.25, -0.2) is 5.43 Å². The van der Waals surface area contributed by atoms with E-state index in [-0.39, 0.29) is 11.7 Å². The minimum Gasteiger partial charge on any atom is -0.493 e. The third-order valence-electron chi connectivity index (χ3n) is 4.89. The molecule has 0 aliphatic heterocycles. The van der Waals surface area contributed by atoms with Gasteiger partial charge in [-0.15, -0.1) is 10.2 Å². The summed E-state index contributed by atoms with van der Waals surface area (Å²) in [5.74, 6) is 1.68. The van der Waals surface area contributed by atoms with Crippen LogP contribution in [0.5, 0.6) is 11.5 Å². The number of ether oxygens (including phenoxy) is 2. The molecule has 1 aromatic heterocycles. The predicted octanol–water partition coefficient (Wildman–Crippen LogP) is 4.85. The summed E-state index contributed by atoms with van der Waals surface area (Å²) in [6.07, 6.45) is 1.54. The van der Waals surface area contributed by atoms with E-state index in [0.717, 1.165) is 16.8 Å². The summed E-state index contributed by atoms with van der Waals surface area (Å²) in [5.41, 5.74) is 5.04. The summed E-state index contributed by atoms with van der Waals surface area (Å²) in [7, 11) is 3.13. The number of hydrogen-bond acceptors (Lipinski definition) is 7. The van der Waals surface area contributed by atoms with E-state index in [9.17, 15) is 4.79 Å². The van der Waals surface area contributed by atoms with E-state index in [2.05, 4.69) is 20.7 Å². The fraction of sp³-hybridized carbons (Fsp3) is 0.120. The number of hydrazone groups is 1. The molecule has 1 N–H and O–H groups in total. The molecule has 1 amide bonds. The summed E-state index contributed by atoms with van der Waals surface area (Å²) in [4.78, 5) is 12.4. The molecule has 0 spiro atoms. The van der Waals surface area contributed by atoms with Crippen molar-refractivity contribution < 1.29 is 14.3 Å². The van der Waals surface area contributed by atoms with Crippen LogP contribution in [0.2, 0.25) is 5.02 Å². The van der Waals surface area contributed by atoms with Crippen LogP contribution >= 0.6 is 23.4 Å². The number of thioether (sulfide) groups is 1. The van der Waals surface area contributed by atoms with Crippen LogP contribution in [0.15, 0.2) is 83.1 Å². The van der Waals surface area contributed by atoms with Crippen molar-refractivity contribution in [2.24, 2.45) is 5.10 Å². The Balaban J connectivity index is 1.46. The number of hydrogen-bond donors (Lipinski definition) is 1. The lowest BCUT2D eigenvalue weighted by atomic mass is 10.2. The quantitative estimate of drug-likeness (QED) is 0.198. The van der Waals surface area contributed by atoms with E-state index in [0.29, 0.717) is 27.5 Å². The Morgan fingerprint density at radius 3 is 2.49 bits per heavy atom. The van der Waals surface area contributed by atoms with Crippen molar-refractivity contribution in [2.75, 3.05) is 20.0 Å². The number of carbonyl (C=O) groups is 1. The first kappa shape index (κ1) is 24.3. The Morgan fingerprint density at radius 2 is 1.77 bits per heavy atom.